The van der Waals surface area contributed by atoms with Crippen LogP contribution in [0.15, 0.2) is 43.0 Å². The van der Waals surface area contributed by atoms with Crippen LogP contribution in [-0.2, 0) is 4.84 Å². The number of pyridine rings is 1. The zero-order valence-corrected chi connectivity index (χ0v) is 9.39. The summed E-state index contributed by atoms with van der Waals surface area (Å²) in [5, 5.41) is 9.66. The van der Waals surface area contributed by atoms with Crippen molar-refractivity contribution in [2.45, 2.75) is 0 Å². The fraction of sp³-hybridized carbons (Fsp3) is 0.154. The Bertz CT molecular complexity index is 526. The molecule has 88 valence electrons. The third-order valence-corrected chi connectivity index (χ3v) is 2.30. The molecule has 0 saturated carbocycles. The summed E-state index contributed by atoms with van der Waals surface area (Å²) in [4.78, 5) is 9.42. The van der Waals surface area contributed by atoms with Crippen LogP contribution in [0.3, 0.4) is 0 Å². The maximum Gasteiger partial charge on any atom is 0.0976 e. The molecule has 0 atom stereocenters. The lowest BCUT2D eigenvalue weighted by Crippen LogP contribution is -2.15. The molecule has 0 bridgehead atoms. The highest BCUT2D eigenvalue weighted by Crippen LogP contribution is 2.14. The van der Waals surface area contributed by atoms with E-state index in [4.69, 9.17) is 9.94 Å². The van der Waals surface area contributed by atoms with E-state index >= 15 is 0 Å². The fourth-order valence-corrected chi connectivity index (χ4v) is 1.47. The van der Waals surface area contributed by atoms with Crippen molar-refractivity contribution in [3.8, 4) is 0 Å². The van der Waals surface area contributed by atoms with E-state index in [2.05, 4.69) is 17.0 Å². The van der Waals surface area contributed by atoms with Gasteiger partial charge in [0, 0.05) is 5.39 Å². The molecule has 1 aromatic carbocycles. The number of nitrogens with zero attached hydrogens (tertiary/aromatic N) is 1. The van der Waals surface area contributed by atoms with Gasteiger partial charge in [0.05, 0.1) is 30.1 Å². The van der Waals surface area contributed by atoms with Crippen molar-refractivity contribution in [3.05, 3.63) is 48.7 Å². The Hall–Kier alpha value is -1.91. The van der Waals surface area contributed by atoms with Gasteiger partial charge in [0.2, 0.25) is 0 Å². The van der Waals surface area contributed by atoms with Crippen LogP contribution in [0.4, 0.5) is 0 Å². The van der Waals surface area contributed by atoms with Crippen LogP contribution >= 0.6 is 0 Å². The molecule has 0 saturated heterocycles. The van der Waals surface area contributed by atoms with Crippen molar-refractivity contribution in [2.75, 3.05) is 13.2 Å². The van der Waals surface area contributed by atoms with Crippen molar-refractivity contribution in [1.82, 2.24) is 10.5 Å². The van der Waals surface area contributed by atoms with Crippen LogP contribution in [-0.4, -0.2) is 23.3 Å². The smallest absolute Gasteiger partial charge is 0.0976 e. The monoisotopic (exact) mass is 230 g/mol. The first-order valence-electron chi connectivity index (χ1n) is 5.35. The van der Waals surface area contributed by atoms with Crippen LogP contribution in [0.2, 0.25) is 0 Å². The largest absolute Gasteiger partial charge is 0.394 e. The second kappa shape index (κ2) is 5.43. The zero-order valence-electron chi connectivity index (χ0n) is 9.39. The summed E-state index contributed by atoms with van der Waals surface area (Å²) in [5.41, 5.74) is 4.86. The molecule has 2 N–H and O–H groups in total. The van der Waals surface area contributed by atoms with E-state index < -0.39 is 0 Å². The average Bonchev–Trinajstić information content (AvgIpc) is 2.38. The number of hydroxylamine groups is 1. The van der Waals surface area contributed by atoms with Gasteiger partial charge < -0.3 is 5.11 Å². The standard InChI is InChI=1S/C13H14N2O2/c1-10(15-17-9-8-16)12-7-6-11-4-2-3-5-13(11)14-12/h2-7,15-16H,1,8-9H2. The average molecular weight is 230 g/mol. The van der Waals surface area contributed by atoms with E-state index in [1.807, 2.05) is 36.4 Å². The maximum atomic E-state index is 8.58. The highest BCUT2D eigenvalue weighted by molar-refractivity contribution is 5.80. The lowest BCUT2D eigenvalue weighted by atomic mass is 10.2. The number of hydrogen-bond donors (Lipinski definition) is 2. The van der Waals surface area contributed by atoms with E-state index in [9.17, 15) is 0 Å². The van der Waals surface area contributed by atoms with Crippen molar-refractivity contribution in [3.63, 3.8) is 0 Å². The number of nitrogens with one attached hydrogen (secondary N) is 1. The van der Waals surface area contributed by atoms with Crippen molar-refractivity contribution in [1.29, 1.82) is 0 Å². The first-order valence-corrected chi connectivity index (χ1v) is 5.35. The number of rotatable bonds is 5. The van der Waals surface area contributed by atoms with Crippen molar-refractivity contribution < 1.29 is 9.94 Å². The van der Waals surface area contributed by atoms with Crippen LogP contribution < -0.4 is 5.48 Å². The van der Waals surface area contributed by atoms with E-state index in [0.29, 0.717) is 5.70 Å². The minimum atomic E-state index is -0.0363. The summed E-state index contributed by atoms with van der Waals surface area (Å²) in [7, 11) is 0. The van der Waals surface area contributed by atoms with Gasteiger partial charge in [-0.05, 0) is 12.1 Å². The summed E-state index contributed by atoms with van der Waals surface area (Å²) < 4.78 is 0. The lowest BCUT2D eigenvalue weighted by Gasteiger charge is -2.08. The van der Waals surface area contributed by atoms with Crippen LogP contribution in [0, 0.1) is 0 Å². The molecule has 17 heavy (non-hydrogen) atoms. The van der Waals surface area contributed by atoms with Gasteiger partial charge in [-0.3, -0.25) is 10.3 Å². The number of aliphatic hydroxyl groups excluding tert-OH is 1. The van der Waals surface area contributed by atoms with Gasteiger partial charge in [0.1, 0.15) is 0 Å². The SMILES string of the molecule is C=C(NOCCO)c1ccc2ccccc2n1. The Balaban J connectivity index is 2.15. The Morgan fingerprint density at radius 2 is 2.12 bits per heavy atom. The molecule has 2 rings (SSSR count). The molecule has 0 amide bonds. The second-order valence-electron chi connectivity index (χ2n) is 3.54. The highest BCUT2D eigenvalue weighted by atomic mass is 16.6. The lowest BCUT2D eigenvalue weighted by molar-refractivity contribution is 0.0480. The number of hydrogen-bond acceptors (Lipinski definition) is 4. The van der Waals surface area contributed by atoms with Gasteiger partial charge in [0.15, 0.2) is 0 Å². The summed E-state index contributed by atoms with van der Waals surface area (Å²) in [6.45, 7) is 4.00. The van der Waals surface area contributed by atoms with Gasteiger partial charge in [-0.15, -0.1) is 0 Å². The van der Waals surface area contributed by atoms with E-state index in [1.165, 1.54) is 0 Å². The Labute approximate surface area is 99.5 Å². The molecule has 1 heterocycles. The number of fused-ring (bicyclic) bond motifs is 1. The predicted molar refractivity (Wildman–Crippen MR) is 67.0 cm³/mol. The first-order chi connectivity index (χ1) is 8.31. The van der Waals surface area contributed by atoms with Gasteiger partial charge in [-0.25, -0.2) is 4.98 Å². The minimum absolute atomic E-state index is 0.0363. The van der Waals surface area contributed by atoms with E-state index in [1.54, 1.807) is 0 Å². The summed E-state index contributed by atoms with van der Waals surface area (Å²) in [6.07, 6.45) is 0. The molecule has 0 aliphatic carbocycles. The molecular weight excluding hydrogens is 216 g/mol. The summed E-state index contributed by atoms with van der Waals surface area (Å²) in [6, 6.07) is 11.7. The molecule has 4 heteroatoms. The summed E-state index contributed by atoms with van der Waals surface area (Å²) in [5.74, 6) is 0. The summed E-state index contributed by atoms with van der Waals surface area (Å²) >= 11 is 0. The molecule has 0 radical (unpaired) electrons. The Morgan fingerprint density at radius 3 is 2.94 bits per heavy atom. The maximum absolute atomic E-state index is 8.58. The van der Waals surface area contributed by atoms with Crippen LogP contribution in [0.1, 0.15) is 5.69 Å². The second-order valence-corrected chi connectivity index (χ2v) is 3.54. The molecule has 0 aliphatic heterocycles. The van der Waals surface area contributed by atoms with Gasteiger partial charge >= 0.3 is 0 Å². The zero-order chi connectivity index (χ0) is 12.1. The van der Waals surface area contributed by atoms with Crippen LogP contribution in [0.5, 0.6) is 0 Å². The van der Waals surface area contributed by atoms with Gasteiger partial charge in [-0.2, -0.15) is 0 Å². The highest BCUT2D eigenvalue weighted by Gasteiger charge is 2.01. The quantitative estimate of drug-likeness (QED) is 0.606. The van der Waals surface area contributed by atoms with Gasteiger partial charge in [-0.1, -0.05) is 30.8 Å². The topological polar surface area (TPSA) is 54.4 Å². The fourth-order valence-electron chi connectivity index (χ4n) is 1.47. The third-order valence-electron chi connectivity index (χ3n) is 2.30. The minimum Gasteiger partial charge on any atom is -0.394 e. The van der Waals surface area contributed by atoms with E-state index in [0.717, 1.165) is 16.6 Å². The predicted octanol–water partition coefficient (Wildman–Crippen LogP) is 1.72. The molecule has 1 aromatic heterocycles. The number of aromatic nitrogens is 1. The third kappa shape index (κ3) is 2.81. The van der Waals surface area contributed by atoms with E-state index in [-0.39, 0.29) is 13.2 Å². The number of aliphatic hydroxyl groups is 1. The normalized spacial score (nSPS) is 10.4. The molecule has 0 unspecified atom stereocenters. The van der Waals surface area contributed by atoms with Gasteiger partial charge in [0.25, 0.3) is 0 Å². The molecule has 0 fully saturated rings. The Kier molecular flexibility index (Phi) is 3.69. The van der Waals surface area contributed by atoms with Crippen LogP contribution in [0.25, 0.3) is 16.6 Å². The molecular formula is C13H14N2O2. The van der Waals surface area contributed by atoms with Crippen molar-refractivity contribution in [2.24, 2.45) is 0 Å². The first kappa shape index (κ1) is 11.6. The number of benzene rings is 1. The molecule has 0 aliphatic rings. The number of para-hydroxylation sites is 1. The molecule has 0 spiro atoms. The molecule has 4 nitrogen and oxygen atoms in total. The van der Waals surface area contributed by atoms with Crippen molar-refractivity contribution >= 4 is 16.6 Å². The molecule has 2 aromatic rings. The Morgan fingerprint density at radius 1 is 1.29 bits per heavy atom.